The smallest absolute Gasteiger partial charge is 0.207 e. The molecule has 1 aliphatic rings. The Hall–Kier alpha value is -1.17. The molecule has 0 heterocycles. The maximum Gasteiger partial charge on any atom is 0.242 e. The predicted molar refractivity (Wildman–Crippen MR) is 82.0 cm³/mol. The minimum atomic E-state index is -3.51. The Morgan fingerprint density at radius 3 is 2.55 bits per heavy atom. The number of benzene rings is 2. The van der Waals surface area contributed by atoms with Crippen molar-refractivity contribution < 1.29 is 8.42 Å². The number of hydrogen-bond donors (Lipinski definition) is 1. The fraction of sp³-hybridized carbons (Fsp3) is 0.200. The van der Waals surface area contributed by atoms with Gasteiger partial charge in [0.2, 0.25) is 10.0 Å². The van der Waals surface area contributed by atoms with E-state index < -0.39 is 10.0 Å². The van der Waals surface area contributed by atoms with Crippen molar-refractivity contribution in [1.29, 1.82) is 0 Å². The first-order valence-electron chi connectivity index (χ1n) is 6.42. The third-order valence-electron chi connectivity index (χ3n) is 3.56. The van der Waals surface area contributed by atoms with Gasteiger partial charge in [0.15, 0.2) is 0 Å². The van der Waals surface area contributed by atoms with Gasteiger partial charge in [-0.15, -0.1) is 0 Å². The van der Waals surface area contributed by atoms with Crippen LogP contribution in [0.5, 0.6) is 0 Å². The maximum atomic E-state index is 12.5. The molecule has 1 N–H and O–H groups in total. The van der Waals surface area contributed by atoms with Gasteiger partial charge in [-0.05, 0) is 52.0 Å². The number of aryl methyl sites for hydroxylation is 1. The molecule has 1 unspecified atom stereocenters. The van der Waals surface area contributed by atoms with Crippen LogP contribution in [0.4, 0.5) is 0 Å². The van der Waals surface area contributed by atoms with E-state index in [0.717, 1.165) is 18.4 Å². The molecule has 0 saturated heterocycles. The van der Waals surface area contributed by atoms with Crippen molar-refractivity contribution >= 4 is 26.0 Å². The molecule has 0 bridgehead atoms. The molecule has 0 aromatic heterocycles. The summed E-state index contributed by atoms with van der Waals surface area (Å²) in [5.41, 5.74) is 2.32. The zero-order chi connectivity index (χ0) is 14.2. The molecule has 0 spiro atoms. The molecule has 3 nitrogen and oxygen atoms in total. The van der Waals surface area contributed by atoms with E-state index in [2.05, 4.69) is 26.7 Å². The summed E-state index contributed by atoms with van der Waals surface area (Å²) in [7, 11) is -3.51. The molecule has 2 aromatic carbocycles. The summed E-state index contributed by atoms with van der Waals surface area (Å²) in [6.45, 7) is 0. The van der Waals surface area contributed by atoms with Crippen LogP contribution in [0.1, 0.15) is 23.6 Å². The Bertz CT molecular complexity index is 743. The molecule has 20 heavy (non-hydrogen) atoms. The summed E-state index contributed by atoms with van der Waals surface area (Å²) in [6, 6.07) is 14.7. The lowest BCUT2D eigenvalue weighted by atomic mass is 10.1. The van der Waals surface area contributed by atoms with Crippen LogP contribution in [-0.4, -0.2) is 8.42 Å². The fourth-order valence-corrected chi connectivity index (χ4v) is 4.85. The minimum Gasteiger partial charge on any atom is -0.207 e. The lowest BCUT2D eigenvalue weighted by Crippen LogP contribution is -2.27. The van der Waals surface area contributed by atoms with Crippen LogP contribution >= 0.6 is 15.9 Å². The minimum absolute atomic E-state index is 0.136. The molecular weight excluding hydrogens is 338 g/mol. The molecule has 0 amide bonds. The second-order valence-electron chi connectivity index (χ2n) is 4.84. The number of fused-ring (bicyclic) bond motifs is 1. The number of rotatable bonds is 3. The topological polar surface area (TPSA) is 46.2 Å². The van der Waals surface area contributed by atoms with Gasteiger partial charge >= 0.3 is 0 Å². The Balaban J connectivity index is 1.91. The number of sulfonamides is 1. The number of nitrogens with one attached hydrogen (secondary N) is 1. The second-order valence-corrected chi connectivity index (χ2v) is 7.38. The van der Waals surface area contributed by atoms with Gasteiger partial charge in [0.1, 0.15) is 0 Å². The first-order valence-corrected chi connectivity index (χ1v) is 8.70. The van der Waals surface area contributed by atoms with E-state index in [0.29, 0.717) is 4.47 Å². The van der Waals surface area contributed by atoms with Gasteiger partial charge in [-0.25, -0.2) is 13.1 Å². The van der Waals surface area contributed by atoms with Crippen molar-refractivity contribution in [2.75, 3.05) is 0 Å². The summed E-state index contributed by atoms with van der Waals surface area (Å²) < 4.78 is 28.3. The van der Waals surface area contributed by atoms with Crippen molar-refractivity contribution in [3.63, 3.8) is 0 Å². The second kappa shape index (κ2) is 5.31. The summed E-state index contributed by atoms with van der Waals surface area (Å²) in [4.78, 5) is 0.282. The molecule has 5 heteroatoms. The number of halogens is 1. The average molecular weight is 352 g/mol. The van der Waals surface area contributed by atoms with Gasteiger partial charge in [0, 0.05) is 10.5 Å². The van der Waals surface area contributed by atoms with Crippen molar-refractivity contribution in [3.05, 3.63) is 64.1 Å². The Morgan fingerprint density at radius 2 is 1.75 bits per heavy atom. The van der Waals surface area contributed by atoms with Crippen molar-refractivity contribution in [2.45, 2.75) is 23.8 Å². The molecule has 3 rings (SSSR count). The predicted octanol–water partition coefficient (Wildman–Crippen LogP) is 3.41. The molecular formula is C15H14BrNO2S. The van der Waals surface area contributed by atoms with E-state index in [9.17, 15) is 8.42 Å². The van der Waals surface area contributed by atoms with Gasteiger partial charge in [-0.1, -0.05) is 36.4 Å². The van der Waals surface area contributed by atoms with Crippen molar-refractivity contribution in [1.82, 2.24) is 4.72 Å². The molecule has 1 atom stereocenters. The number of hydrogen-bond acceptors (Lipinski definition) is 2. The third kappa shape index (κ3) is 2.53. The summed E-state index contributed by atoms with van der Waals surface area (Å²) >= 11 is 3.29. The highest BCUT2D eigenvalue weighted by Crippen LogP contribution is 2.32. The molecule has 0 saturated carbocycles. The van der Waals surface area contributed by atoms with E-state index in [4.69, 9.17) is 0 Å². The van der Waals surface area contributed by atoms with Crippen molar-refractivity contribution in [3.8, 4) is 0 Å². The fourth-order valence-electron chi connectivity index (χ4n) is 2.59. The highest BCUT2D eigenvalue weighted by Gasteiger charge is 2.27. The van der Waals surface area contributed by atoms with E-state index in [1.54, 1.807) is 24.3 Å². The third-order valence-corrected chi connectivity index (χ3v) is 6.04. The van der Waals surface area contributed by atoms with E-state index in [-0.39, 0.29) is 10.9 Å². The van der Waals surface area contributed by atoms with E-state index in [1.165, 1.54) is 5.56 Å². The SMILES string of the molecule is O=S(=O)(NC1CCc2ccccc21)c1ccccc1Br. The van der Waals surface area contributed by atoms with Crippen LogP contribution in [0.15, 0.2) is 57.9 Å². The van der Waals surface area contributed by atoms with Crippen molar-refractivity contribution in [2.24, 2.45) is 0 Å². The monoisotopic (exact) mass is 351 g/mol. The van der Waals surface area contributed by atoms with Crippen LogP contribution in [0.25, 0.3) is 0 Å². The van der Waals surface area contributed by atoms with Gasteiger partial charge < -0.3 is 0 Å². The standard InChI is InChI=1S/C15H14BrNO2S/c16-13-7-3-4-8-15(13)20(18,19)17-14-10-9-11-5-1-2-6-12(11)14/h1-8,14,17H,9-10H2. The van der Waals surface area contributed by atoms with Crippen LogP contribution in [0, 0.1) is 0 Å². The largest absolute Gasteiger partial charge is 0.242 e. The molecule has 104 valence electrons. The van der Waals surface area contributed by atoms with Gasteiger partial charge in [0.25, 0.3) is 0 Å². The van der Waals surface area contributed by atoms with Gasteiger partial charge in [0.05, 0.1) is 4.90 Å². The van der Waals surface area contributed by atoms with Crippen LogP contribution in [0.3, 0.4) is 0 Å². The van der Waals surface area contributed by atoms with Crippen LogP contribution < -0.4 is 4.72 Å². The summed E-state index contributed by atoms with van der Waals surface area (Å²) in [5, 5.41) is 0. The Labute approximate surface area is 127 Å². The van der Waals surface area contributed by atoms with Gasteiger partial charge in [-0.3, -0.25) is 0 Å². The average Bonchev–Trinajstić information content (AvgIpc) is 2.82. The van der Waals surface area contributed by atoms with Gasteiger partial charge in [-0.2, -0.15) is 0 Å². The van der Waals surface area contributed by atoms with E-state index in [1.807, 2.05) is 18.2 Å². The first-order chi connectivity index (χ1) is 9.58. The Morgan fingerprint density at radius 1 is 1.05 bits per heavy atom. The lowest BCUT2D eigenvalue weighted by Gasteiger charge is -2.15. The van der Waals surface area contributed by atoms with E-state index >= 15 is 0 Å². The zero-order valence-corrected chi connectivity index (χ0v) is 13.1. The highest BCUT2D eigenvalue weighted by atomic mass is 79.9. The molecule has 0 fully saturated rings. The molecule has 0 aliphatic heterocycles. The lowest BCUT2D eigenvalue weighted by molar-refractivity contribution is 0.554. The summed E-state index contributed by atoms with van der Waals surface area (Å²) in [5.74, 6) is 0. The first kappa shape index (κ1) is 13.8. The highest BCUT2D eigenvalue weighted by molar-refractivity contribution is 9.10. The Kier molecular flexibility index (Phi) is 3.67. The molecule has 1 aliphatic carbocycles. The molecule has 2 aromatic rings. The zero-order valence-electron chi connectivity index (χ0n) is 10.7. The quantitative estimate of drug-likeness (QED) is 0.920. The summed E-state index contributed by atoms with van der Waals surface area (Å²) in [6.07, 6.45) is 1.72. The molecule has 0 radical (unpaired) electrons. The van der Waals surface area contributed by atoms with Crippen LogP contribution in [0.2, 0.25) is 0 Å². The maximum absolute atomic E-state index is 12.5. The normalized spacial score (nSPS) is 17.9. The van der Waals surface area contributed by atoms with Crippen LogP contribution in [-0.2, 0) is 16.4 Å².